The van der Waals surface area contributed by atoms with Gasteiger partial charge >= 0.3 is 5.97 Å². The van der Waals surface area contributed by atoms with E-state index in [4.69, 9.17) is 5.73 Å². The molecule has 1 aliphatic heterocycles. The van der Waals surface area contributed by atoms with E-state index in [1.165, 1.54) is 98.5 Å². The number of rotatable bonds is 23. The summed E-state index contributed by atoms with van der Waals surface area (Å²) in [5, 5.41) is 66.8. The lowest BCUT2D eigenvalue weighted by atomic mass is 9.98. The van der Waals surface area contributed by atoms with Crippen molar-refractivity contribution in [1.29, 1.82) is 0 Å². The Morgan fingerprint density at radius 1 is 0.488 bits per heavy atom. The van der Waals surface area contributed by atoms with Crippen LogP contribution in [0.4, 0.5) is 0 Å². The molecule has 0 unspecified atom stereocenters. The minimum absolute atomic E-state index is 0.0472. The van der Waals surface area contributed by atoms with Gasteiger partial charge in [-0.05, 0) is 113 Å². The van der Waals surface area contributed by atoms with E-state index in [0.717, 1.165) is 27.1 Å². The topological polar surface area (TPSA) is 503 Å². The van der Waals surface area contributed by atoms with Gasteiger partial charge in [-0.25, -0.2) is 0 Å². The third-order valence-electron chi connectivity index (χ3n) is 22.2. The molecule has 16 N–H and O–H groups in total. The summed E-state index contributed by atoms with van der Waals surface area (Å²) < 4.78 is 0. The van der Waals surface area contributed by atoms with E-state index in [-0.39, 0.29) is 86.8 Å². The Labute approximate surface area is 753 Å². The first-order valence-corrected chi connectivity index (χ1v) is 44.0. The van der Waals surface area contributed by atoms with E-state index in [0.29, 0.717) is 51.6 Å². The van der Waals surface area contributed by atoms with Crippen LogP contribution in [-0.2, 0) is 110 Å². The van der Waals surface area contributed by atoms with Crippen LogP contribution in [0, 0.1) is 11.8 Å². The molecular weight excluding hydrogens is 1680 g/mol. The predicted octanol–water partition coefficient (Wildman–Crippen LogP) is 2.51. The highest BCUT2D eigenvalue weighted by atomic mass is 32.2. The molecule has 0 radical (unpaired) electrons. The van der Waals surface area contributed by atoms with Crippen molar-refractivity contribution in [2.45, 2.75) is 172 Å². The van der Waals surface area contributed by atoms with E-state index in [2.05, 4.69) is 52.8 Å². The molecule has 0 aliphatic carbocycles. The molecule has 2 heterocycles. The number of aromatic hydroxyl groups is 3. The average Bonchev–Trinajstić information content (AvgIpc) is 1.77. The Balaban J connectivity index is 1.21. The minimum atomic E-state index is -1.84. The number of hydrogen-bond acceptors (Lipinski definition) is 20. The molecule has 1 aliphatic rings. The zero-order valence-electron chi connectivity index (χ0n) is 74.2. The maximum atomic E-state index is 15.5. The number of aliphatic carboxylic acids is 1. The number of likely N-dealkylation sites (N-methyl/N-ethyl adjacent to an activating group) is 5. The molecular formula is C93H120N16O19S. The summed E-state index contributed by atoms with van der Waals surface area (Å²) in [6, 6.07) is 26.8. The van der Waals surface area contributed by atoms with E-state index in [9.17, 15) is 63.6 Å². The number of phenolic OH excluding ortho intramolecular Hbond substituents is 3. The van der Waals surface area contributed by atoms with Gasteiger partial charge in [0.15, 0.2) is 0 Å². The number of nitrogens with zero attached hydrogens (tertiary/aromatic N) is 5. The molecule has 7 aromatic rings. The third kappa shape index (κ3) is 31.0. The molecule has 35 nitrogen and oxygen atoms in total. The molecule has 129 heavy (non-hydrogen) atoms. The molecule has 0 bridgehead atoms. The molecule has 0 saturated carbocycles. The van der Waals surface area contributed by atoms with Gasteiger partial charge in [-0.15, -0.1) is 11.8 Å². The summed E-state index contributed by atoms with van der Waals surface area (Å²) in [5.41, 5.74) is 9.23. The maximum Gasteiger partial charge on any atom is 0.305 e. The van der Waals surface area contributed by atoms with Crippen molar-refractivity contribution >= 4 is 111 Å². The standard InChI is InChI=1S/C93H120N16O19S/c1-11-12-28-76-91(126)106(7)52-80(115)99-72(47-82(117)118)88(123)104-83(56(4)5)93(128)107(8)63(40-57-22-16-13-17-23-57)49-96-73(42-61-31-35-65(111)36-32-61)89(124)105(6)51-79(114)98-71(45-62-48-95-68-38-37-66(112)46-67(62)68)87(122)102-70(41-60-29-33-64(110)34-30-60)86(121)101-69(39-55(2)3)85(120)103-75(84(119)97-50-78(94)113)53-129-54-81(116)100-74(43-58-24-18-14-19-25-58)90(125)109(10)77(92(127)108(76)9)44-59-26-20-15-21-27-59/h13-27,29-38,46,48,55-56,63,69-77,83,95-96,110-112H,11-12,28,39-45,47,49-54H2,1-10H3,(H2,94,113)(H,97,119)(H,98,114)(H,99,115)(H,100,116)(H,101,121)(H,102,122)(H,103,120)(H,104,123)(H,117,118)/t63-,69-,70-,71-,72-,73-,74-,75-,76-,77-,83-/m0/s1. The first-order chi connectivity index (χ1) is 61.4. The number of unbranched alkanes of at least 4 members (excludes halogenated alkanes) is 1. The van der Waals surface area contributed by atoms with Crippen molar-refractivity contribution in [1.82, 2.24) is 77.3 Å². The van der Waals surface area contributed by atoms with Crippen LogP contribution in [0.25, 0.3) is 10.9 Å². The van der Waals surface area contributed by atoms with Gasteiger partial charge in [-0.3, -0.25) is 71.9 Å². The fraction of sp³-hybridized carbons (Fsp3) is 0.430. The first kappa shape index (κ1) is 101. The normalized spacial score (nSPS) is 22.0. The fourth-order valence-electron chi connectivity index (χ4n) is 15.1. The second-order valence-corrected chi connectivity index (χ2v) is 34.3. The number of carboxylic acids is 1. The minimum Gasteiger partial charge on any atom is -0.508 e. The lowest BCUT2D eigenvalue weighted by Crippen LogP contribution is -2.60. The summed E-state index contributed by atoms with van der Waals surface area (Å²) in [5.74, 6) is -15.9. The highest BCUT2D eigenvalue weighted by Crippen LogP contribution is 2.27. The molecule has 1 saturated heterocycles. The Kier molecular flexibility index (Phi) is 38.4. The SMILES string of the molecule is CCCC[C@H]1C(=O)N(C)CC(=O)N[C@@H](CC(=O)O)C(=O)N[C@@H](C(C)C)C(=O)N(C)[C@@H](Cc2ccccc2)CN[C@@H](Cc2ccc(O)cc2)C(=O)N(C)CC(=O)N[C@@H](Cc2c[nH]c3ccc(O)cc23)C(=O)N[C@@H](Cc2ccc(O)cc2)C(=O)N[C@@H](CC(C)C)C(=O)N[C@H](C(=O)NCC(N)=O)CSCC(=O)N[C@@H](Cc2ccccc2)C(=O)N(C)[C@@H](Cc2ccccc2)C(=O)N1C. The average molecular weight is 1800 g/mol. The largest absolute Gasteiger partial charge is 0.508 e. The number of aromatic nitrogens is 1. The quantitative estimate of drug-likeness (QED) is 0.0437. The summed E-state index contributed by atoms with van der Waals surface area (Å²) in [7, 11) is 6.86. The van der Waals surface area contributed by atoms with Crippen molar-refractivity contribution in [3.05, 3.63) is 197 Å². The van der Waals surface area contributed by atoms with Crippen LogP contribution in [0.1, 0.15) is 100 Å². The number of H-pyrrole nitrogens is 1. The van der Waals surface area contributed by atoms with Crippen molar-refractivity contribution in [2.24, 2.45) is 17.6 Å². The molecule has 1 aromatic heterocycles. The molecule has 14 amide bonds. The van der Waals surface area contributed by atoms with Crippen LogP contribution in [0.3, 0.4) is 0 Å². The van der Waals surface area contributed by atoms with E-state index < -0.39 is 193 Å². The number of benzene rings is 6. The number of primary amides is 1. The van der Waals surface area contributed by atoms with Crippen LogP contribution in [0.5, 0.6) is 17.2 Å². The highest BCUT2D eigenvalue weighted by molar-refractivity contribution is 8.00. The predicted molar refractivity (Wildman–Crippen MR) is 484 cm³/mol. The zero-order chi connectivity index (χ0) is 94.3. The van der Waals surface area contributed by atoms with Crippen molar-refractivity contribution < 1.29 is 92.3 Å². The molecule has 8 rings (SSSR count). The number of nitrogens with two attached hydrogens (primary N) is 1. The summed E-state index contributed by atoms with van der Waals surface area (Å²) in [6.45, 7) is 6.29. The van der Waals surface area contributed by atoms with Crippen LogP contribution in [0.2, 0.25) is 0 Å². The van der Waals surface area contributed by atoms with Gasteiger partial charge in [-0.1, -0.05) is 163 Å². The third-order valence-corrected chi connectivity index (χ3v) is 23.3. The lowest BCUT2D eigenvalue weighted by Gasteiger charge is -2.37. The van der Waals surface area contributed by atoms with Gasteiger partial charge in [0.2, 0.25) is 82.7 Å². The molecule has 36 heteroatoms. The fourth-order valence-corrected chi connectivity index (χ4v) is 15.9. The Morgan fingerprint density at radius 2 is 0.969 bits per heavy atom. The van der Waals surface area contributed by atoms with Crippen molar-refractivity contribution in [3.8, 4) is 17.2 Å². The molecule has 11 atom stereocenters. The Bertz CT molecular complexity index is 5030. The molecule has 0 spiro atoms. The van der Waals surface area contributed by atoms with Crippen molar-refractivity contribution in [3.63, 3.8) is 0 Å². The van der Waals surface area contributed by atoms with E-state index in [1.54, 1.807) is 131 Å². The smallest absolute Gasteiger partial charge is 0.305 e. The van der Waals surface area contributed by atoms with Crippen LogP contribution >= 0.6 is 11.8 Å². The van der Waals surface area contributed by atoms with Crippen LogP contribution < -0.4 is 53.6 Å². The number of carbonyl (C=O) groups excluding carboxylic acids is 14. The zero-order valence-corrected chi connectivity index (χ0v) is 75.1. The Morgan fingerprint density at radius 3 is 1.52 bits per heavy atom. The lowest BCUT2D eigenvalue weighted by molar-refractivity contribution is -0.151. The molecule has 1 fully saturated rings. The van der Waals surface area contributed by atoms with Crippen molar-refractivity contribution in [2.75, 3.05) is 72.9 Å². The van der Waals surface area contributed by atoms with Gasteiger partial charge in [-0.2, -0.15) is 0 Å². The Hall–Kier alpha value is -13.4. The number of nitrogens with one attached hydrogen (secondary N) is 10. The number of hydrogen-bond donors (Lipinski definition) is 15. The highest BCUT2D eigenvalue weighted by Gasteiger charge is 2.41. The van der Waals surface area contributed by atoms with Gasteiger partial charge in [0.05, 0.1) is 37.8 Å². The summed E-state index contributed by atoms with van der Waals surface area (Å²) in [6.07, 6.45) is 0.621. The van der Waals surface area contributed by atoms with Crippen LogP contribution in [0.15, 0.2) is 164 Å². The van der Waals surface area contributed by atoms with Gasteiger partial charge < -0.3 is 103 Å². The summed E-state index contributed by atoms with van der Waals surface area (Å²) in [4.78, 5) is 228. The number of carbonyl (C=O) groups is 15. The van der Waals surface area contributed by atoms with Gasteiger partial charge in [0.1, 0.15) is 71.6 Å². The number of carboxylic acid groups (broad SMARTS) is 1. The monoisotopic (exact) mass is 1800 g/mol. The molecule has 692 valence electrons. The van der Waals surface area contributed by atoms with E-state index >= 15 is 28.8 Å². The maximum absolute atomic E-state index is 15.5. The number of phenols is 3. The van der Waals surface area contributed by atoms with Gasteiger partial charge in [0, 0.05) is 96.4 Å². The summed E-state index contributed by atoms with van der Waals surface area (Å²) >= 11 is 0.829. The van der Waals surface area contributed by atoms with E-state index in [1.807, 2.05) is 19.1 Å². The number of aromatic amines is 1. The second-order valence-electron chi connectivity index (χ2n) is 33.3. The number of thioether (sulfide) groups is 1. The van der Waals surface area contributed by atoms with Gasteiger partial charge in [0.25, 0.3) is 0 Å². The number of fused-ring (bicyclic) bond motifs is 1. The number of amides is 14. The molecule has 6 aromatic carbocycles. The first-order valence-electron chi connectivity index (χ1n) is 42.8. The second kappa shape index (κ2) is 49.1. The van der Waals surface area contributed by atoms with Crippen LogP contribution in [-0.4, -0.2) is 278 Å².